The molecule has 206 valence electrons. The molecule has 3 atom stereocenters. The predicted octanol–water partition coefficient (Wildman–Crippen LogP) is 5.79. The van der Waals surface area contributed by atoms with Gasteiger partial charge in [-0.1, -0.05) is 6.58 Å². The Kier molecular flexibility index (Phi) is 5.92. The van der Waals surface area contributed by atoms with Gasteiger partial charge in [-0.2, -0.15) is 0 Å². The molecule has 1 saturated carbocycles. The number of hydrogen-bond acceptors (Lipinski definition) is 7. The minimum absolute atomic E-state index is 0.00897. The number of hydrogen-bond donors (Lipinski definition) is 1. The van der Waals surface area contributed by atoms with Gasteiger partial charge in [0.15, 0.2) is 11.6 Å². The molecule has 1 aliphatic heterocycles. The molecular weight excluding hydrogens is 521 g/mol. The number of rotatable bonds is 6. The molecule has 1 amide bonds. The fraction of sp³-hybridized carbons (Fsp3) is 0.258. The first-order valence-corrected chi connectivity index (χ1v) is 13.6. The van der Waals surface area contributed by atoms with Crippen molar-refractivity contribution in [3.8, 4) is 11.5 Å². The Hall–Kier alpha value is -4.86. The Labute approximate surface area is 235 Å². The van der Waals surface area contributed by atoms with E-state index in [9.17, 15) is 4.79 Å². The predicted molar refractivity (Wildman–Crippen MR) is 154 cm³/mol. The largest absolute Gasteiger partial charge is 0.457 e. The number of fused-ring (bicyclic) bond motifs is 4. The maximum atomic E-state index is 15.6. The van der Waals surface area contributed by atoms with Crippen molar-refractivity contribution in [3.63, 3.8) is 0 Å². The number of piperidine rings is 1. The Morgan fingerprint density at radius 2 is 2.00 bits per heavy atom. The number of aryl methyl sites for hydroxylation is 1. The number of benzene rings is 2. The molecule has 1 saturated heterocycles. The topological polar surface area (TPSA) is 98.1 Å². The van der Waals surface area contributed by atoms with Gasteiger partial charge in [0.05, 0.1) is 28.6 Å². The van der Waals surface area contributed by atoms with Gasteiger partial charge in [-0.15, -0.1) is 0 Å². The van der Waals surface area contributed by atoms with Gasteiger partial charge < -0.3 is 19.5 Å². The van der Waals surface area contributed by atoms with Gasteiger partial charge in [-0.25, -0.2) is 24.3 Å². The van der Waals surface area contributed by atoms with Gasteiger partial charge in [0.1, 0.15) is 23.3 Å². The summed E-state index contributed by atoms with van der Waals surface area (Å²) in [4.78, 5) is 32.2. The first-order valence-electron chi connectivity index (χ1n) is 13.6. The summed E-state index contributed by atoms with van der Waals surface area (Å²) in [5.41, 5.74) is 4.60. The van der Waals surface area contributed by atoms with E-state index in [0.717, 1.165) is 29.6 Å². The molecule has 2 bridgehead atoms. The summed E-state index contributed by atoms with van der Waals surface area (Å²) in [5, 5.41) is 3.13. The van der Waals surface area contributed by atoms with E-state index in [-0.39, 0.29) is 23.6 Å². The van der Waals surface area contributed by atoms with Gasteiger partial charge in [0.25, 0.3) is 0 Å². The van der Waals surface area contributed by atoms with E-state index < -0.39 is 5.82 Å². The molecule has 9 nitrogen and oxygen atoms in total. The number of carbonyl (C=O) groups is 1. The van der Waals surface area contributed by atoms with Crippen LogP contribution in [0.3, 0.4) is 0 Å². The van der Waals surface area contributed by atoms with Crippen LogP contribution in [-0.4, -0.2) is 47.9 Å². The van der Waals surface area contributed by atoms with Crippen molar-refractivity contribution < 1.29 is 13.9 Å². The van der Waals surface area contributed by atoms with Crippen LogP contribution in [0, 0.1) is 18.7 Å². The number of anilines is 2. The fourth-order valence-corrected chi connectivity index (χ4v) is 6.26. The van der Waals surface area contributed by atoms with E-state index in [4.69, 9.17) is 9.72 Å². The first kappa shape index (κ1) is 25.1. The Morgan fingerprint density at radius 3 is 2.80 bits per heavy atom. The van der Waals surface area contributed by atoms with E-state index in [2.05, 4.69) is 26.8 Å². The molecule has 1 aliphatic carbocycles. The van der Waals surface area contributed by atoms with E-state index in [1.54, 1.807) is 25.4 Å². The van der Waals surface area contributed by atoms with E-state index in [1.807, 2.05) is 46.8 Å². The molecule has 1 N–H and O–H groups in total. The van der Waals surface area contributed by atoms with E-state index in [0.29, 0.717) is 46.4 Å². The summed E-state index contributed by atoms with van der Waals surface area (Å²) in [6.45, 7) is 6.02. The lowest BCUT2D eigenvalue weighted by Crippen LogP contribution is -2.38. The van der Waals surface area contributed by atoms with Crippen LogP contribution in [0.15, 0.2) is 67.8 Å². The highest BCUT2D eigenvalue weighted by molar-refractivity contribution is 5.88. The van der Waals surface area contributed by atoms with Crippen molar-refractivity contribution in [2.75, 3.05) is 11.9 Å². The van der Waals surface area contributed by atoms with Crippen LogP contribution in [0.5, 0.6) is 11.5 Å². The highest BCUT2D eigenvalue weighted by Gasteiger charge is 2.46. The maximum absolute atomic E-state index is 15.6. The molecule has 4 heterocycles. The van der Waals surface area contributed by atoms with Gasteiger partial charge in [0, 0.05) is 42.9 Å². The second kappa shape index (κ2) is 9.65. The molecule has 3 aromatic heterocycles. The molecule has 5 aromatic rings. The molecule has 2 fully saturated rings. The second-order valence-corrected chi connectivity index (χ2v) is 10.8. The van der Waals surface area contributed by atoms with E-state index in [1.165, 1.54) is 12.4 Å². The highest BCUT2D eigenvalue weighted by Crippen LogP contribution is 2.47. The van der Waals surface area contributed by atoms with Crippen molar-refractivity contribution in [1.82, 2.24) is 29.4 Å². The third-order valence-corrected chi connectivity index (χ3v) is 8.40. The minimum atomic E-state index is -0.440. The molecule has 7 rings (SSSR count). The zero-order valence-corrected chi connectivity index (χ0v) is 22.7. The number of aromatic nitrogens is 5. The highest BCUT2D eigenvalue weighted by atomic mass is 19.1. The number of amides is 1. The number of ether oxygens (including phenoxy) is 1. The monoisotopic (exact) mass is 549 g/mol. The second-order valence-electron chi connectivity index (χ2n) is 10.8. The average Bonchev–Trinajstić information content (AvgIpc) is 3.71. The number of carbonyl (C=O) groups excluding carboxylic acids is 1. The zero-order valence-electron chi connectivity index (χ0n) is 22.7. The van der Waals surface area contributed by atoms with Crippen LogP contribution in [-0.2, 0) is 11.8 Å². The number of nitrogens with one attached hydrogen (secondary N) is 1. The normalized spacial score (nSPS) is 19.7. The Bertz CT molecular complexity index is 1850. The molecular formula is C31H28FN7O2. The molecule has 41 heavy (non-hydrogen) atoms. The molecule has 0 radical (unpaired) electrons. The van der Waals surface area contributed by atoms with Crippen molar-refractivity contribution in [2.24, 2.45) is 13.0 Å². The number of imidazole rings is 1. The smallest absolute Gasteiger partial charge is 0.246 e. The van der Waals surface area contributed by atoms with Crippen molar-refractivity contribution in [3.05, 3.63) is 84.8 Å². The number of nitrogens with zero attached hydrogens (tertiary/aromatic N) is 6. The van der Waals surface area contributed by atoms with Gasteiger partial charge in [0.2, 0.25) is 5.91 Å². The molecule has 2 aliphatic rings. The molecule has 2 aromatic carbocycles. The van der Waals surface area contributed by atoms with Crippen molar-refractivity contribution in [2.45, 2.75) is 31.7 Å². The van der Waals surface area contributed by atoms with Crippen LogP contribution in [0.4, 0.5) is 15.9 Å². The zero-order chi connectivity index (χ0) is 28.2. The molecule has 1 unspecified atom stereocenters. The van der Waals surface area contributed by atoms with Crippen molar-refractivity contribution >= 4 is 39.5 Å². The first-order chi connectivity index (χ1) is 19.9. The summed E-state index contributed by atoms with van der Waals surface area (Å²) in [7, 11) is 1.93. The SMILES string of the molecule is C=CC(=O)N1C[C@@H]2C[C@H]1CC2c1ccc2ncnc(Nc3ccc(Oc4ccc5c(c4)ncn5C)c(C)c3F)c2n1. The van der Waals surface area contributed by atoms with Crippen LogP contribution < -0.4 is 10.1 Å². The van der Waals surface area contributed by atoms with Gasteiger partial charge in [-0.05, 0) is 68.2 Å². The van der Waals surface area contributed by atoms with Crippen LogP contribution in [0.2, 0.25) is 0 Å². The van der Waals surface area contributed by atoms with Crippen LogP contribution >= 0.6 is 0 Å². The minimum Gasteiger partial charge on any atom is -0.457 e. The summed E-state index contributed by atoms with van der Waals surface area (Å²) in [5.74, 6) is 1.56. The van der Waals surface area contributed by atoms with E-state index >= 15 is 4.39 Å². The fourth-order valence-electron chi connectivity index (χ4n) is 6.26. The van der Waals surface area contributed by atoms with Crippen LogP contribution in [0.1, 0.15) is 30.0 Å². The summed E-state index contributed by atoms with van der Waals surface area (Å²) in [6, 6.07) is 13.1. The molecule has 10 heteroatoms. The van der Waals surface area contributed by atoms with Crippen LogP contribution in [0.25, 0.3) is 22.1 Å². The average molecular weight is 550 g/mol. The van der Waals surface area contributed by atoms with Gasteiger partial charge in [-0.3, -0.25) is 4.79 Å². The summed E-state index contributed by atoms with van der Waals surface area (Å²) in [6.07, 6.45) is 6.40. The quantitative estimate of drug-likeness (QED) is 0.268. The van der Waals surface area contributed by atoms with Crippen molar-refractivity contribution in [1.29, 1.82) is 0 Å². The number of halogens is 1. The maximum Gasteiger partial charge on any atom is 0.246 e. The third-order valence-electron chi connectivity index (χ3n) is 8.40. The van der Waals surface area contributed by atoms with Gasteiger partial charge >= 0.3 is 0 Å². The number of pyridine rings is 1. The molecule has 0 spiro atoms. The third kappa shape index (κ3) is 4.26. The summed E-state index contributed by atoms with van der Waals surface area (Å²) < 4.78 is 23.6. The Balaban J connectivity index is 1.14. The lowest BCUT2D eigenvalue weighted by atomic mass is 9.90. The number of likely N-dealkylation sites (tertiary alicyclic amines) is 1. The lowest BCUT2D eigenvalue weighted by molar-refractivity contribution is -0.127. The Morgan fingerprint density at radius 1 is 1.12 bits per heavy atom. The summed E-state index contributed by atoms with van der Waals surface area (Å²) >= 11 is 0. The standard InChI is InChI=1S/C31H28FN7O2/c1-4-28(40)39-14-18-11-19(39)12-21(18)22-6-7-24-30(36-22)31(34-15-33-24)37-23-8-10-27(17(2)29(23)32)41-20-5-9-26-25(13-20)35-16-38(26)3/h4-10,13,15-16,18-19,21H,1,11-12,14H2,2-3H3,(H,33,34,37)/t18-,19-,21?/m0/s1. The lowest BCUT2D eigenvalue weighted by Gasteiger charge is -2.30.